The number of hydrogen-bond acceptors (Lipinski definition) is 3. The minimum Gasteiger partial charge on any atom is -0.497 e. The number of carbonyl (C=O) groups excluding carboxylic acids is 1. The molecule has 0 amide bonds. The van der Waals surface area contributed by atoms with E-state index in [1.807, 2.05) is 13.0 Å². The summed E-state index contributed by atoms with van der Waals surface area (Å²) >= 11 is 0. The second-order valence-electron chi connectivity index (χ2n) is 8.97. The molecule has 0 saturated carbocycles. The molecular weight excluding hydrogens is 398 g/mol. The fraction of sp³-hybridized carbons (Fsp3) is 0.679. The Kier molecular flexibility index (Phi) is 12.3. The monoisotopic (exact) mass is 443 g/mol. The number of aryl methyl sites for hydroxylation is 1. The minimum absolute atomic E-state index is 0.164. The molecule has 180 valence electrons. The van der Waals surface area contributed by atoms with Crippen LogP contribution >= 0.6 is 0 Å². The van der Waals surface area contributed by atoms with Gasteiger partial charge in [0, 0.05) is 23.1 Å². The minimum atomic E-state index is -0.164. The lowest BCUT2D eigenvalue weighted by atomic mass is 10.1. The number of carbonyl (C=O) groups is 1. The topological polar surface area (TPSA) is 40.5 Å². The lowest BCUT2D eigenvalue weighted by molar-refractivity contribution is -0.142. The van der Waals surface area contributed by atoms with Crippen molar-refractivity contribution < 1.29 is 14.3 Å². The number of benzene rings is 1. The van der Waals surface area contributed by atoms with Gasteiger partial charge in [0.15, 0.2) is 0 Å². The van der Waals surface area contributed by atoms with E-state index in [9.17, 15) is 4.79 Å². The summed E-state index contributed by atoms with van der Waals surface area (Å²) in [5, 5.41) is 1.11. The van der Waals surface area contributed by atoms with Crippen LogP contribution in [0.1, 0.15) is 102 Å². The van der Waals surface area contributed by atoms with Crippen molar-refractivity contribution in [3.8, 4) is 5.75 Å². The zero-order valence-corrected chi connectivity index (χ0v) is 21.0. The van der Waals surface area contributed by atoms with E-state index in [2.05, 4.69) is 30.5 Å². The molecule has 4 heteroatoms. The summed E-state index contributed by atoms with van der Waals surface area (Å²) in [5.41, 5.74) is 3.42. The molecule has 0 atom stereocenters. The van der Waals surface area contributed by atoms with E-state index in [1.54, 1.807) is 7.11 Å². The van der Waals surface area contributed by atoms with Crippen molar-refractivity contribution in [3.05, 3.63) is 29.5 Å². The molecule has 0 unspecified atom stereocenters. The summed E-state index contributed by atoms with van der Waals surface area (Å²) < 4.78 is 13.0. The predicted molar refractivity (Wildman–Crippen MR) is 135 cm³/mol. The molecular formula is C28H45NO3. The molecule has 0 radical (unpaired) electrons. The molecule has 2 rings (SSSR count). The first-order chi connectivity index (χ1) is 15.6. The van der Waals surface area contributed by atoms with Gasteiger partial charge in [-0.3, -0.25) is 4.79 Å². The van der Waals surface area contributed by atoms with Crippen molar-refractivity contribution in [1.82, 2.24) is 4.57 Å². The maximum absolute atomic E-state index is 12.2. The van der Waals surface area contributed by atoms with Gasteiger partial charge >= 0.3 is 5.97 Å². The molecule has 0 saturated heterocycles. The predicted octanol–water partition coefficient (Wildman–Crippen LogP) is 7.77. The molecule has 4 nitrogen and oxygen atoms in total. The number of rotatable bonds is 17. The molecule has 1 aromatic heterocycles. The Morgan fingerprint density at radius 1 is 0.875 bits per heavy atom. The number of hydrogen-bond donors (Lipinski definition) is 0. The van der Waals surface area contributed by atoms with Crippen LogP contribution in [-0.4, -0.2) is 24.3 Å². The molecule has 0 spiro atoms. The third-order valence-corrected chi connectivity index (χ3v) is 6.52. The van der Waals surface area contributed by atoms with Gasteiger partial charge in [-0.05, 0) is 44.0 Å². The Balaban J connectivity index is 1.83. The molecule has 2 aromatic rings. The highest BCUT2D eigenvalue weighted by atomic mass is 16.5. The van der Waals surface area contributed by atoms with Crippen LogP contribution in [0.2, 0.25) is 0 Å². The third kappa shape index (κ3) is 8.18. The summed E-state index contributed by atoms with van der Waals surface area (Å²) in [6.45, 7) is 7.67. The lowest BCUT2D eigenvalue weighted by Gasteiger charge is -2.09. The smallest absolute Gasteiger partial charge is 0.310 e. The van der Waals surface area contributed by atoms with Crippen LogP contribution in [0.3, 0.4) is 0 Å². The number of fused-ring (bicyclic) bond motifs is 1. The highest BCUT2D eigenvalue weighted by Gasteiger charge is 2.18. The zero-order valence-electron chi connectivity index (χ0n) is 21.0. The van der Waals surface area contributed by atoms with Gasteiger partial charge in [-0.1, -0.05) is 77.6 Å². The van der Waals surface area contributed by atoms with Crippen LogP contribution in [0, 0.1) is 6.92 Å². The second-order valence-corrected chi connectivity index (χ2v) is 8.97. The van der Waals surface area contributed by atoms with Crippen LogP contribution < -0.4 is 4.74 Å². The highest BCUT2D eigenvalue weighted by molar-refractivity contribution is 5.90. The molecule has 0 aliphatic heterocycles. The molecule has 0 fully saturated rings. The Hall–Kier alpha value is -1.97. The Morgan fingerprint density at radius 2 is 1.47 bits per heavy atom. The number of nitrogens with zero attached hydrogens (tertiary/aromatic N) is 1. The summed E-state index contributed by atoms with van der Waals surface area (Å²) in [6.07, 6.45) is 16.6. The molecule has 1 heterocycles. The van der Waals surface area contributed by atoms with E-state index in [4.69, 9.17) is 9.47 Å². The van der Waals surface area contributed by atoms with Gasteiger partial charge in [-0.25, -0.2) is 0 Å². The van der Waals surface area contributed by atoms with Crippen molar-refractivity contribution in [2.24, 2.45) is 0 Å². The maximum atomic E-state index is 12.2. The van der Waals surface area contributed by atoms with Crippen LogP contribution in [0.15, 0.2) is 18.2 Å². The van der Waals surface area contributed by atoms with Crippen molar-refractivity contribution in [1.29, 1.82) is 0 Å². The first kappa shape index (κ1) is 26.3. The molecule has 0 aliphatic rings. The summed E-state index contributed by atoms with van der Waals surface area (Å²) in [5.74, 6) is 0.660. The standard InChI is InChI=1S/C28H45NO3/c1-5-7-8-9-10-11-12-13-14-15-16-17-20-29-23(3)25(22-28(30)32-6-2)26-21-24(31-4)18-19-27(26)29/h18-19,21H,5-17,20,22H2,1-4H3. The third-order valence-electron chi connectivity index (χ3n) is 6.52. The molecule has 0 N–H and O–H groups in total. The van der Waals surface area contributed by atoms with E-state index in [-0.39, 0.29) is 5.97 Å². The zero-order chi connectivity index (χ0) is 23.2. The van der Waals surface area contributed by atoms with Gasteiger partial charge in [-0.15, -0.1) is 0 Å². The number of methoxy groups -OCH3 is 1. The number of ether oxygens (including phenoxy) is 2. The van der Waals surface area contributed by atoms with Gasteiger partial charge in [0.1, 0.15) is 5.75 Å². The number of aromatic nitrogens is 1. The van der Waals surface area contributed by atoms with Crippen LogP contribution in [0.25, 0.3) is 10.9 Å². The average molecular weight is 444 g/mol. The first-order valence-electron chi connectivity index (χ1n) is 12.9. The van der Waals surface area contributed by atoms with Gasteiger partial charge < -0.3 is 14.0 Å². The largest absolute Gasteiger partial charge is 0.497 e. The molecule has 0 aliphatic carbocycles. The Morgan fingerprint density at radius 3 is 2.03 bits per heavy atom. The van der Waals surface area contributed by atoms with Crippen LogP contribution in [-0.2, 0) is 22.5 Å². The van der Waals surface area contributed by atoms with E-state index in [0.29, 0.717) is 13.0 Å². The van der Waals surface area contributed by atoms with Gasteiger partial charge in [0.25, 0.3) is 0 Å². The summed E-state index contributed by atoms with van der Waals surface area (Å²) in [4.78, 5) is 12.2. The summed E-state index contributed by atoms with van der Waals surface area (Å²) in [6, 6.07) is 6.18. The van der Waals surface area contributed by atoms with Gasteiger partial charge in [-0.2, -0.15) is 0 Å². The van der Waals surface area contributed by atoms with E-state index in [0.717, 1.165) is 23.2 Å². The second kappa shape index (κ2) is 15.0. The van der Waals surface area contributed by atoms with Gasteiger partial charge in [0.2, 0.25) is 0 Å². The van der Waals surface area contributed by atoms with Crippen molar-refractivity contribution >= 4 is 16.9 Å². The Labute approximate surface area is 195 Å². The molecule has 1 aromatic carbocycles. The quantitative estimate of drug-likeness (QED) is 0.185. The Bertz CT molecular complexity index is 809. The van der Waals surface area contributed by atoms with Crippen molar-refractivity contribution in [3.63, 3.8) is 0 Å². The lowest BCUT2D eigenvalue weighted by Crippen LogP contribution is -2.09. The van der Waals surface area contributed by atoms with Crippen LogP contribution in [0.4, 0.5) is 0 Å². The van der Waals surface area contributed by atoms with E-state index in [1.165, 1.54) is 88.3 Å². The fourth-order valence-electron chi connectivity index (χ4n) is 4.64. The number of esters is 1. The average Bonchev–Trinajstić information content (AvgIpc) is 3.05. The fourth-order valence-corrected chi connectivity index (χ4v) is 4.64. The highest BCUT2D eigenvalue weighted by Crippen LogP contribution is 2.30. The van der Waals surface area contributed by atoms with Crippen LogP contribution in [0.5, 0.6) is 5.75 Å². The summed E-state index contributed by atoms with van der Waals surface area (Å²) in [7, 11) is 1.68. The normalized spacial score (nSPS) is 11.2. The number of unbranched alkanes of at least 4 members (excludes halogenated alkanes) is 11. The van der Waals surface area contributed by atoms with Crippen molar-refractivity contribution in [2.75, 3.05) is 13.7 Å². The first-order valence-corrected chi connectivity index (χ1v) is 12.9. The van der Waals surface area contributed by atoms with E-state index >= 15 is 0 Å². The molecule has 0 bridgehead atoms. The SMILES string of the molecule is CCCCCCCCCCCCCCn1c(C)c(CC(=O)OCC)c2cc(OC)ccc21. The van der Waals surface area contributed by atoms with Gasteiger partial charge in [0.05, 0.1) is 20.1 Å². The van der Waals surface area contributed by atoms with E-state index < -0.39 is 0 Å². The van der Waals surface area contributed by atoms with Crippen molar-refractivity contribution in [2.45, 2.75) is 111 Å². The molecule has 32 heavy (non-hydrogen) atoms. The maximum Gasteiger partial charge on any atom is 0.310 e.